The van der Waals surface area contributed by atoms with E-state index in [1.165, 1.54) is 24.3 Å². The first kappa shape index (κ1) is 15.6. The predicted octanol–water partition coefficient (Wildman–Crippen LogP) is 1.41. The van der Waals surface area contributed by atoms with E-state index in [-0.39, 0.29) is 12.3 Å². The monoisotopic (exact) mass is 301 g/mol. The first-order valence-electron chi connectivity index (χ1n) is 6.71. The molecule has 114 valence electrons. The fourth-order valence-electron chi connectivity index (χ4n) is 1.97. The standard InChI is InChI=1S/C16H16FN3O2/c1-10-2-3-11(9-19-10)8-14(21)20-15(16(18)22)12-4-6-13(17)7-5-12/h2-7,9,15H,8H2,1H3,(H2,18,22)(H,20,21). The van der Waals surface area contributed by atoms with Gasteiger partial charge in [-0.3, -0.25) is 14.6 Å². The number of halogens is 1. The minimum absolute atomic E-state index is 0.0816. The molecule has 0 bridgehead atoms. The Hall–Kier alpha value is -2.76. The van der Waals surface area contributed by atoms with Crippen LogP contribution in [0.2, 0.25) is 0 Å². The van der Waals surface area contributed by atoms with E-state index in [2.05, 4.69) is 10.3 Å². The summed E-state index contributed by atoms with van der Waals surface area (Å²) in [5, 5.41) is 2.55. The Morgan fingerprint density at radius 1 is 1.23 bits per heavy atom. The van der Waals surface area contributed by atoms with Crippen LogP contribution in [-0.4, -0.2) is 16.8 Å². The van der Waals surface area contributed by atoms with Crippen molar-refractivity contribution >= 4 is 11.8 Å². The third-order valence-electron chi connectivity index (χ3n) is 3.13. The van der Waals surface area contributed by atoms with Crippen LogP contribution in [0.3, 0.4) is 0 Å². The molecule has 6 heteroatoms. The molecule has 1 atom stereocenters. The van der Waals surface area contributed by atoms with E-state index in [9.17, 15) is 14.0 Å². The second kappa shape index (κ2) is 6.80. The summed E-state index contributed by atoms with van der Waals surface area (Å²) >= 11 is 0. The zero-order valence-corrected chi connectivity index (χ0v) is 12.0. The Bertz CT molecular complexity index is 669. The highest BCUT2D eigenvalue weighted by Crippen LogP contribution is 2.14. The smallest absolute Gasteiger partial charge is 0.244 e. The summed E-state index contributed by atoms with van der Waals surface area (Å²) in [5.74, 6) is -1.50. The molecule has 0 aliphatic rings. The fourth-order valence-corrected chi connectivity index (χ4v) is 1.97. The van der Waals surface area contributed by atoms with Crippen LogP contribution in [0.25, 0.3) is 0 Å². The van der Waals surface area contributed by atoms with Crippen molar-refractivity contribution in [1.29, 1.82) is 0 Å². The Morgan fingerprint density at radius 2 is 1.91 bits per heavy atom. The van der Waals surface area contributed by atoms with Gasteiger partial charge in [0.15, 0.2) is 0 Å². The number of carbonyl (C=O) groups is 2. The Labute approximate surface area is 127 Å². The van der Waals surface area contributed by atoms with Crippen molar-refractivity contribution in [3.8, 4) is 0 Å². The number of pyridine rings is 1. The molecule has 0 aliphatic carbocycles. The number of nitrogens with zero attached hydrogens (tertiary/aromatic N) is 1. The molecule has 0 fully saturated rings. The second-order valence-electron chi connectivity index (χ2n) is 4.94. The molecule has 2 amide bonds. The molecule has 1 aromatic carbocycles. The number of amides is 2. The van der Waals surface area contributed by atoms with Gasteiger partial charge in [0.25, 0.3) is 0 Å². The first-order chi connectivity index (χ1) is 10.5. The Balaban J connectivity index is 2.07. The van der Waals surface area contributed by atoms with E-state index in [4.69, 9.17) is 5.73 Å². The van der Waals surface area contributed by atoms with Gasteiger partial charge in [0.05, 0.1) is 6.42 Å². The number of nitrogens with one attached hydrogen (secondary N) is 1. The molecule has 2 aromatic rings. The van der Waals surface area contributed by atoms with E-state index < -0.39 is 17.8 Å². The molecule has 0 aliphatic heterocycles. The van der Waals surface area contributed by atoms with Gasteiger partial charge in [-0.1, -0.05) is 18.2 Å². The van der Waals surface area contributed by atoms with Gasteiger partial charge < -0.3 is 11.1 Å². The van der Waals surface area contributed by atoms with Crippen LogP contribution in [0.4, 0.5) is 4.39 Å². The largest absolute Gasteiger partial charge is 0.368 e. The fraction of sp³-hybridized carbons (Fsp3) is 0.188. The molecule has 1 heterocycles. The van der Waals surface area contributed by atoms with Crippen molar-refractivity contribution < 1.29 is 14.0 Å². The molecule has 0 saturated heterocycles. The van der Waals surface area contributed by atoms with E-state index in [1.54, 1.807) is 18.3 Å². The van der Waals surface area contributed by atoms with Crippen LogP contribution in [0, 0.1) is 12.7 Å². The maximum atomic E-state index is 12.9. The number of benzene rings is 1. The van der Waals surface area contributed by atoms with Crippen LogP contribution in [0.1, 0.15) is 22.9 Å². The van der Waals surface area contributed by atoms with Crippen molar-refractivity contribution in [2.75, 3.05) is 0 Å². The van der Waals surface area contributed by atoms with E-state index in [0.717, 1.165) is 11.3 Å². The molecular weight excluding hydrogens is 285 g/mol. The lowest BCUT2D eigenvalue weighted by atomic mass is 10.1. The number of rotatable bonds is 5. The minimum atomic E-state index is -0.994. The molecule has 0 radical (unpaired) electrons. The lowest BCUT2D eigenvalue weighted by Crippen LogP contribution is -2.38. The third kappa shape index (κ3) is 4.12. The summed E-state index contributed by atoms with van der Waals surface area (Å²) in [4.78, 5) is 27.7. The van der Waals surface area contributed by atoms with Gasteiger partial charge in [0, 0.05) is 11.9 Å². The van der Waals surface area contributed by atoms with Crippen LogP contribution in [0.15, 0.2) is 42.6 Å². The van der Waals surface area contributed by atoms with Crippen molar-refractivity contribution in [2.45, 2.75) is 19.4 Å². The predicted molar refractivity (Wildman–Crippen MR) is 79.2 cm³/mol. The van der Waals surface area contributed by atoms with Gasteiger partial charge >= 0.3 is 0 Å². The van der Waals surface area contributed by atoms with E-state index in [1.807, 2.05) is 6.92 Å². The number of nitrogens with two attached hydrogens (primary N) is 1. The molecule has 1 aromatic heterocycles. The van der Waals surface area contributed by atoms with Crippen molar-refractivity contribution in [2.24, 2.45) is 5.73 Å². The minimum Gasteiger partial charge on any atom is -0.368 e. The summed E-state index contributed by atoms with van der Waals surface area (Å²) in [6.07, 6.45) is 1.68. The highest BCUT2D eigenvalue weighted by Gasteiger charge is 2.20. The molecule has 5 nitrogen and oxygen atoms in total. The average molecular weight is 301 g/mol. The van der Waals surface area contributed by atoms with Gasteiger partial charge in [-0.25, -0.2) is 4.39 Å². The average Bonchev–Trinajstić information content (AvgIpc) is 2.48. The molecule has 1 unspecified atom stereocenters. The summed E-state index contributed by atoms with van der Waals surface area (Å²) in [5.41, 5.74) is 7.32. The molecule has 0 saturated carbocycles. The van der Waals surface area contributed by atoms with Crippen LogP contribution in [-0.2, 0) is 16.0 Å². The zero-order valence-electron chi connectivity index (χ0n) is 12.0. The number of carbonyl (C=O) groups excluding carboxylic acids is 2. The van der Waals surface area contributed by atoms with Crippen molar-refractivity contribution in [3.63, 3.8) is 0 Å². The Kier molecular flexibility index (Phi) is 4.83. The maximum Gasteiger partial charge on any atom is 0.244 e. The van der Waals surface area contributed by atoms with E-state index in [0.29, 0.717) is 5.56 Å². The molecule has 3 N–H and O–H groups in total. The van der Waals surface area contributed by atoms with Crippen molar-refractivity contribution in [1.82, 2.24) is 10.3 Å². The molecule has 22 heavy (non-hydrogen) atoms. The Morgan fingerprint density at radius 3 is 2.45 bits per heavy atom. The zero-order chi connectivity index (χ0) is 16.1. The van der Waals surface area contributed by atoms with E-state index >= 15 is 0 Å². The van der Waals surface area contributed by atoms with Crippen LogP contribution < -0.4 is 11.1 Å². The topological polar surface area (TPSA) is 85.1 Å². The lowest BCUT2D eigenvalue weighted by Gasteiger charge is -2.16. The number of hydrogen-bond donors (Lipinski definition) is 2. The molecule has 0 spiro atoms. The van der Waals surface area contributed by atoms with Crippen LogP contribution >= 0.6 is 0 Å². The van der Waals surface area contributed by atoms with Gasteiger partial charge in [0.1, 0.15) is 11.9 Å². The summed E-state index contributed by atoms with van der Waals surface area (Å²) in [6, 6.07) is 7.85. The lowest BCUT2D eigenvalue weighted by molar-refractivity contribution is -0.127. The van der Waals surface area contributed by atoms with Gasteiger partial charge in [-0.05, 0) is 36.2 Å². The summed E-state index contributed by atoms with van der Waals surface area (Å²) in [6.45, 7) is 1.85. The summed E-state index contributed by atoms with van der Waals surface area (Å²) < 4.78 is 12.9. The maximum absolute atomic E-state index is 12.9. The number of hydrogen-bond acceptors (Lipinski definition) is 3. The molecule has 2 rings (SSSR count). The molecular formula is C16H16FN3O2. The summed E-state index contributed by atoms with van der Waals surface area (Å²) in [7, 11) is 0. The normalized spacial score (nSPS) is 11.7. The van der Waals surface area contributed by atoms with Gasteiger partial charge in [-0.2, -0.15) is 0 Å². The number of aryl methyl sites for hydroxylation is 1. The highest BCUT2D eigenvalue weighted by molar-refractivity contribution is 5.88. The van der Waals surface area contributed by atoms with Crippen molar-refractivity contribution in [3.05, 3.63) is 65.2 Å². The highest BCUT2D eigenvalue weighted by atomic mass is 19.1. The first-order valence-corrected chi connectivity index (χ1v) is 6.71. The quantitative estimate of drug-likeness (QED) is 0.875. The second-order valence-corrected chi connectivity index (χ2v) is 4.94. The number of aromatic nitrogens is 1. The third-order valence-corrected chi connectivity index (χ3v) is 3.13. The SMILES string of the molecule is Cc1ccc(CC(=O)NC(C(N)=O)c2ccc(F)cc2)cn1. The van der Waals surface area contributed by atoms with Gasteiger partial charge in [-0.15, -0.1) is 0 Å². The number of primary amides is 1. The van der Waals surface area contributed by atoms with Crippen LogP contribution in [0.5, 0.6) is 0 Å². The van der Waals surface area contributed by atoms with Gasteiger partial charge in [0.2, 0.25) is 11.8 Å².